The van der Waals surface area contributed by atoms with Crippen LogP contribution in [0.3, 0.4) is 0 Å². The molecule has 0 spiro atoms. The Morgan fingerprint density at radius 3 is 2.67 bits per heavy atom. The maximum absolute atomic E-state index is 11.8. The Balaban J connectivity index is 2.23. The van der Waals surface area contributed by atoms with Gasteiger partial charge in [-0.05, 0) is 23.9 Å². The fourth-order valence-electron chi connectivity index (χ4n) is 1.61. The number of imide groups is 1. The highest BCUT2D eigenvalue weighted by Gasteiger charge is 2.31. The lowest BCUT2D eigenvalue weighted by molar-refractivity contribution is -0.142. The summed E-state index contributed by atoms with van der Waals surface area (Å²) in [5, 5.41) is -0.320. The van der Waals surface area contributed by atoms with E-state index in [1.54, 1.807) is 30.3 Å². The van der Waals surface area contributed by atoms with E-state index in [1.165, 1.54) is 14.2 Å². The Morgan fingerprint density at radius 2 is 2.05 bits per heavy atom. The van der Waals surface area contributed by atoms with Crippen molar-refractivity contribution in [3.05, 3.63) is 34.7 Å². The summed E-state index contributed by atoms with van der Waals surface area (Å²) in [6, 6.07) is 6.92. The number of amides is 2. The van der Waals surface area contributed by atoms with E-state index >= 15 is 0 Å². The van der Waals surface area contributed by atoms with Crippen molar-refractivity contribution in [1.82, 2.24) is 4.90 Å². The van der Waals surface area contributed by atoms with Crippen molar-refractivity contribution in [3.8, 4) is 5.75 Å². The third-order valence-electron chi connectivity index (χ3n) is 2.77. The van der Waals surface area contributed by atoms with Gasteiger partial charge in [0.25, 0.3) is 11.1 Å². The van der Waals surface area contributed by atoms with Gasteiger partial charge in [-0.1, -0.05) is 18.2 Å². The molecule has 6 nitrogen and oxygen atoms in total. The summed E-state index contributed by atoms with van der Waals surface area (Å²) in [7, 11) is 2.70. The molecule has 0 N–H and O–H groups in total. The molecule has 1 fully saturated rings. The van der Waals surface area contributed by atoms with Gasteiger partial charge >= 0.3 is 5.97 Å². The fourth-order valence-corrected chi connectivity index (χ4v) is 2.43. The van der Waals surface area contributed by atoms with Gasteiger partial charge < -0.3 is 9.47 Å². The van der Waals surface area contributed by atoms with Crippen LogP contribution < -0.4 is 4.74 Å². The smallest absolute Gasteiger partial charge is 0.343 e. The molecular formula is C14H13NO5S. The number of ether oxygens (including phenoxy) is 2. The number of thioether (sulfide) groups is 1. The average molecular weight is 307 g/mol. The highest BCUT2D eigenvalue weighted by Crippen LogP contribution is 2.32. The van der Waals surface area contributed by atoms with Gasteiger partial charge in [-0.15, -0.1) is 0 Å². The van der Waals surface area contributed by atoms with Crippen molar-refractivity contribution < 1.29 is 23.9 Å². The van der Waals surface area contributed by atoms with Crippen molar-refractivity contribution >= 4 is 35.0 Å². The number of carbonyl (C=O) groups is 3. The summed E-state index contributed by atoms with van der Waals surface area (Å²) in [5.74, 6) is -0.419. The minimum absolute atomic E-state index is 0.226. The second kappa shape index (κ2) is 6.45. The summed E-state index contributed by atoms with van der Waals surface area (Å²) < 4.78 is 9.85. The van der Waals surface area contributed by atoms with Crippen molar-refractivity contribution in [3.63, 3.8) is 0 Å². The average Bonchev–Trinajstić information content (AvgIpc) is 2.73. The predicted octanol–water partition coefficient (Wildman–Crippen LogP) is 1.90. The summed E-state index contributed by atoms with van der Waals surface area (Å²) >= 11 is 0.866. The number of rotatable bonds is 4. The van der Waals surface area contributed by atoms with Gasteiger partial charge in [0.1, 0.15) is 5.75 Å². The number of hydrogen-bond donors (Lipinski definition) is 0. The van der Waals surface area contributed by atoms with Crippen LogP contribution in [0.2, 0.25) is 0 Å². The molecule has 2 amide bonds. The first-order chi connectivity index (χ1) is 10.0. The normalized spacial score (nSPS) is 16.5. The third-order valence-corrected chi connectivity index (χ3v) is 3.73. The zero-order valence-electron chi connectivity index (χ0n) is 11.5. The number of esters is 1. The van der Waals surface area contributed by atoms with E-state index in [1.807, 2.05) is 0 Å². The number of para-hydroxylation sites is 1. The van der Waals surface area contributed by atoms with Gasteiger partial charge in [-0.2, -0.15) is 0 Å². The molecule has 0 aliphatic carbocycles. The maximum Gasteiger partial charge on any atom is 0.343 e. The molecule has 110 valence electrons. The van der Waals surface area contributed by atoms with Crippen molar-refractivity contribution in [2.75, 3.05) is 20.8 Å². The molecule has 0 saturated carbocycles. The van der Waals surface area contributed by atoms with Gasteiger partial charge in [0.2, 0.25) is 0 Å². The largest absolute Gasteiger partial charge is 0.481 e. The summed E-state index contributed by atoms with van der Waals surface area (Å²) in [6.07, 6.45) is 1.57. The number of methoxy groups -OCH3 is 1. The van der Waals surface area contributed by atoms with E-state index in [9.17, 15) is 14.4 Å². The standard InChI is InChI=1S/C14H13NO5S/c1-15-13(17)11(21-14(15)18)7-9-5-3-4-6-10(9)20-8-12(16)19-2/h3-7H,8H2,1-2H3/b11-7+. The van der Waals surface area contributed by atoms with E-state index < -0.39 is 5.97 Å². The molecule has 21 heavy (non-hydrogen) atoms. The van der Waals surface area contributed by atoms with Gasteiger partial charge in [0, 0.05) is 12.6 Å². The molecule has 1 aliphatic rings. The molecule has 0 atom stereocenters. The quantitative estimate of drug-likeness (QED) is 0.625. The Hall–Kier alpha value is -2.28. The van der Waals surface area contributed by atoms with E-state index in [2.05, 4.69) is 4.74 Å². The molecule has 2 rings (SSSR count). The Bertz CT molecular complexity index is 626. The second-order valence-corrected chi connectivity index (χ2v) is 5.14. The van der Waals surface area contributed by atoms with Gasteiger partial charge in [0.05, 0.1) is 12.0 Å². The number of likely N-dealkylation sites (N-methyl/N-ethyl adjacent to an activating group) is 1. The Kier molecular flexibility index (Phi) is 4.64. The lowest BCUT2D eigenvalue weighted by atomic mass is 10.2. The van der Waals surface area contributed by atoms with Crippen LogP contribution in [0.4, 0.5) is 4.79 Å². The molecule has 1 aromatic rings. The lowest BCUT2D eigenvalue weighted by Crippen LogP contribution is -2.22. The van der Waals surface area contributed by atoms with E-state index in [0.717, 1.165) is 16.7 Å². The molecule has 0 unspecified atom stereocenters. The minimum atomic E-state index is -0.501. The van der Waals surface area contributed by atoms with Gasteiger partial charge in [-0.3, -0.25) is 14.5 Å². The van der Waals surface area contributed by atoms with Crippen LogP contribution in [0.25, 0.3) is 6.08 Å². The lowest BCUT2D eigenvalue weighted by Gasteiger charge is -2.08. The maximum atomic E-state index is 11.8. The zero-order valence-corrected chi connectivity index (χ0v) is 12.3. The van der Waals surface area contributed by atoms with Crippen molar-refractivity contribution in [1.29, 1.82) is 0 Å². The van der Waals surface area contributed by atoms with Gasteiger partial charge in [0.15, 0.2) is 6.61 Å². The van der Waals surface area contributed by atoms with Crippen LogP contribution in [0.1, 0.15) is 5.56 Å². The predicted molar refractivity (Wildman–Crippen MR) is 77.7 cm³/mol. The molecular weight excluding hydrogens is 294 g/mol. The SMILES string of the molecule is COC(=O)COc1ccccc1/C=C1/SC(=O)N(C)C1=O. The molecule has 0 aromatic heterocycles. The second-order valence-electron chi connectivity index (χ2n) is 4.14. The van der Waals surface area contributed by atoms with E-state index in [-0.39, 0.29) is 17.8 Å². The Labute approximate surface area is 125 Å². The monoisotopic (exact) mass is 307 g/mol. The first-order valence-corrected chi connectivity index (χ1v) is 6.84. The van der Waals surface area contributed by atoms with Crippen LogP contribution in [0.5, 0.6) is 5.75 Å². The number of carbonyl (C=O) groups excluding carboxylic acids is 3. The third kappa shape index (κ3) is 3.43. The fraction of sp³-hybridized carbons (Fsp3) is 0.214. The summed E-state index contributed by atoms with van der Waals surface area (Å²) in [5.41, 5.74) is 0.611. The van der Waals surface area contributed by atoms with Gasteiger partial charge in [-0.25, -0.2) is 4.79 Å². The first-order valence-electron chi connectivity index (χ1n) is 6.03. The molecule has 1 aliphatic heterocycles. The Morgan fingerprint density at radius 1 is 1.33 bits per heavy atom. The molecule has 0 bridgehead atoms. The molecule has 0 radical (unpaired) electrons. The molecule has 7 heteroatoms. The van der Waals surface area contributed by atoms with E-state index in [4.69, 9.17) is 4.74 Å². The summed E-state index contributed by atoms with van der Waals surface area (Å²) in [6.45, 7) is -0.226. The number of benzene rings is 1. The molecule has 1 aromatic carbocycles. The van der Waals surface area contributed by atoms with Crippen molar-refractivity contribution in [2.24, 2.45) is 0 Å². The molecule has 1 saturated heterocycles. The first kappa shape index (κ1) is 15.1. The van der Waals surface area contributed by atoms with Crippen LogP contribution in [-0.2, 0) is 14.3 Å². The summed E-state index contributed by atoms with van der Waals surface area (Å²) in [4.78, 5) is 35.8. The highest BCUT2D eigenvalue weighted by atomic mass is 32.2. The zero-order chi connectivity index (χ0) is 15.4. The van der Waals surface area contributed by atoms with Crippen LogP contribution in [0.15, 0.2) is 29.2 Å². The minimum Gasteiger partial charge on any atom is -0.481 e. The highest BCUT2D eigenvalue weighted by molar-refractivity contribution is 8.18. The van der Waals surface area contributed by atoms with Crippen molar-refractivity contribution in [2.45, 2.75) is 0 Å². The van der Waals surface area contributed by atoms with E-state index in [0.29, 0.717) is 16.2 Å². The number of nitrogens with zero attached hydrogens (tertiary/aromatic N) is 1. The van der Waals surface area contributed by atoms with Crippen LogP contribution in [-0.4, -0.2) is 42.8 Å². The molecule has 1 heterocycles. The topological polar surface area (TPSA) is 72.9 Å². The number of hydrogen-bond acceptors (Lipinski definition) is 6. The van der Waals surface area contributed by atoms with Crippen LogP contribution >= 0.6 is 11.8 Å². The van der Waals surface area contributed by atoms with Crippen LogP contribution in [0, 0.1) is 0 Å².